The molecule has 2 heteroatoms. The second-order valence-electron chi connectivity index (χ2n) is 5.74. The average Bonchev–Trinajstić information content (AvgIpc) is 2.42. The van der Waals surface area contributed by atoms with Crippen molar-refractivity contribution in [3.63, 3.8) is 0 Å². The van der Waals surface area contributed by atoms with Gasteiger partial charge >= 0.3 is 0 Å². The van der Waals surface area contributed by atoms with Crippen LogP contribution in [0.15, 0.2) is 30.3 Å². The van der Waals surface area contributed by atoms with Crippen molar-refractivity contribution in [3.8, 4) is 0 Å². The Morgan fingerprint density at radius 1 is 1.17 bits per heavy atom. The van der Waals surface area contributed by atoms with E-state index in [-0.39, 0.29) is 0 Å². The number of nitrogens with one attached hydrogen (secondary N) is 1. The highest BCUT2D eigenvalue weighted by molar-refractivity contribution is 5.14. The lowest BCUT2D eigenvalue weighted by molar-refractivity contribution is 0.151. The lowest BCUT2D eigenvalue weighted by atomic mass is 9.90. The zero-order valence-electron chi connectivity index (χ0n) is 11.8. The quantitative estimate of drug-likeness (QED) is 0.859. The highest BCUT2D eigenvalue weighted by atomic mass is 15.1. The number of hydrogen-bond acceptors (Lipinski definition) is 2. The molecule has 0 atom stereocenters. The Hall–Kier alpha value is -0.860. The van der Waals surface area contributed by atoms with Crippen LogP contribution >= 0.6 is 0 Å². The van der Waals surface area contributed by atoms with Gasteiger partial charge in [0, 0.05) is 5.54 Å². The molecule has 1 N–H and O–H groups in total. The van der Waals surface area contributed by atoms with Crippen LogP contribution in [0.4, 0.5) is 0 Å². The maximum Gasteiger partial charge on any atom is 0.0174 e. The van der Waals surface area contributed by atoms with Crippen LogP contribution in [-0.2, 0) is 6.42 Å². The van der Waals surface area contributed by atoms with Gasteiger partial charge in [0.25, 0.3) is 0 Å². The molecule has 0 aliphatic carbocycles. The van der Waals surface area contributed by atoms with Gasteiger partial charge in [0.1, 0.15) is 0 Å². The summed E-state index contributed by atoms with van der Waals surface area (Å²) in [6, 6.07) is 10.8. The van der Waals surface area contributed by atoms with Gasteiger partial charge in [-0.05, 0) is 64.9 Å². The van der Waals surface area contributed by atoms with Crippen molar-refractivity contribution in [2.45, 2.75) is 38.1 Å². The fourth-order valence-electron chi connectivity index (χ4n) is 2.67. The van der Waals surface area contributed by atoms with Gasteiger partial charge in [0.05, 0.1) is 0 Å². The highest BCUT2D eigenvalue weighted by Crippen LogP contribution is 2.21. The van der Waals surface area contributed by atoms with Gasteiger partial charge in [-0.3, -0.25) is 0 Å². The molecule has 1 fully saturated rings. The molecule has 100 valence electrons. The second-order valence-corrected chi connectivity index (χ2v) is 5.74. The van der Waals surface area contributed by atoms with Crippen molar-refractivity contribution < 1.29 is 0 Å². The van der Waals surface area contributed by atoms with E-state index >= 15 is 0 Å². The fraction of sp³-hybridized carbons (Fsp3) is 0.625. The van der Waals surface area contributed by atoms with E-state index in [1.54, 1.807) is 0 Å². The van der Waals surface area contributed by atoms with Gasteiger partial charge in [0.2, 0.25) is 0 Å². The van der Waals surface area contributed by atoms with E-state index in [2.05, 4.69) is 54.5 Å². The first-order valence-electron chi connectivity index (χ1n) is 7.17. The summed E-state index contributed by atoms with van der Waals surface area (Å²) < 4.78 is 0. The summed E-state index contributed by atoms with van der Waals surface area (Å²) >= 11 is 0. The van der Waals surface area contributed by atoms with Gasteiger partial charge in [-0.25, -0.2) is 0 Å². The monoisotopic (exact) mass is 246 g/mol. The van der Waals surface area contributed by atoms with Crippen LogP contribution in [0.1, 0.15) is 31.7 Å². The predicted octanol–water partition coefficient (Wildman–Crippen LogP) is 2.69. The Labute approximate surface area is 111 Å². The SMILES string of the molecule is CNC1(C)CCN(CCCc2ccccc2)CC1. The van der Waals surface area contributed by atoms with Crippen LogP contribution in [0.3, 0.4) is 0 Å². The Morgan fingerprint density at radius 2 is 1.83 bits per heavy atom. The molecule has 0 spiro atoms. The fourth-order valence-corrected chi connectivity index (χ4v) is 2.67. The molecular formula is C16H26N2. The Morgan fingerprint density at radius 3 is 2.44 bits per heavy atom. The maximum atomic E-state index is 3.46. The van der Waals surface area contributed by atoms with Crippen LogP contribution in [0.2, 0.25) is 0 Å². The third-order valence-electron chi connectivity index (χ3n) is 4.35. The molecule has 2 rings (SSSR count). The van der Waals surface area contributed by atoms with Crippen LogP contribution in [0.5, 0.6) is 0 Å². The van der Waals surface area contributed by atoms with Crippen LogP contribution < -0.4 is 5.32 Å². The molecule has 0 bridgehead atoms. The minimum absolute atomic E-state index is 0.371. The Balaban J connectivity index is 1.67. The van der Waals surface area contributed by atoms with E-state index in [1.807, 2.05) is 0 Å². The Bertz CT molecular complexity index is 339. The lowest BCUT2D eigenvalue weighted by Crippen LogP contribution is -2.50. The standard InChI is InChI=1S/C16H26N2/c1-16(17-2)10-13-18(14-11-16)12-6-9-15-7-4-3-5-8-15/h3-5,7-8,17H,6,9-14H2,1-2H3. The molecule has 0 saturated carbocycles. The van der Waals surface area contributed by atoms with Crippen molar-refractivity contribution in [3.05, 3.63) is 35.9 Å². The first kappa shape index (κ1) is 13.6. The average molecular weight is 246 g/mol. The van der Waals surface area contributed by atoms with Crippen LogP contribution in [0, 0.1) is 0 Å². The minimum atomic E-state index is 0.371. The molecule has 18 heavy (non-hydrogen) atoms. The number of likely N-dealkylation sites (tertiary alicyclic amines) is 1. The molecule has 1 aromatic rings. The topological polar surface area (TPSA) is 15.3 Å². The molecule has 1 aromatic carbocycles. The molecular weight excluding hydrogens is 220 g/mol. The summed E-state index contributed by atoms with van der Waals surface area (Å²) in [5, 5.41) is 3.46. The zero-order chi connectivity index (χ0) is 12.8. The minimum Gasteiger partial charge on any atom is -0.314 e. The van der Waals surface area contributed by atoms with Gasteiger partial charge in [0.15, 0.2) is 0 Å². The van der Waals surface area contributed by atoms with E-state index < -0.39 is 0 Å². The zero-order valence-corrected chi connectivity index (χ0v) is 11.8. The lowest BCUT2D eigenvalue weighted by Gasteiger charge is -2.39. The van der Waals surface area contributed by atoms with E-state index in [0.29, 0.717) is 5.54 Å². The van der Waals surface area contributed by atoms with Gasteiger partial charge in [-0.1, -0.05) is 30.3 Å². The van der Waals surface area contributed by atoms with E-state index in [4.69, 9.17) is 0 Å². The van der Waals surface area contributed by atoms with Crippen molar-refractivity contribution in [2.75, 3.05) is 26.7 Å². The largest absolute Gasteiger partial charge is 0.314 e. The van der Waals surface area contributed by atoms with E-state index in [0.717, 1.165) is 0 Å². The van der Waals surface area contributed by atoms with E-state index in [1.165, 1.54) is 50.9 Å². The number of benzene rings is 1. The van der Waals surface area contributed by atoms with Crippen LogP contribution in [-0.4, -0.2) is 37.1 Å². The van der Waals surface area contributed by atoms with Gasteiger partial charge in [-0.2, -0.15) is 0 Å². The summed E-state index contributed by atoms with van der Waals surface area (Å²) in [5.74, 6) is 0. The number of rotatable bonds is 5. The van der Waals surface area contributed by atoms with Crippen LogP contribution in [0.25, 0.3) is 0 Å². The molecule has 1 aliphatic rings. The number of nitrogens with zero attached hydrogens (tertiary/aromatic N) is 1. The molecule has 0 amide bonds. The molecule has 1 aliphatic heterocycles. The number of aryl methyl sites for hydroxylation is 1. The summed E-state index contributed by atoms with van der Waals surface area (Å²) in [6.45, 7) is 6.07. The van der Waals surface area contributed by atoms with Gasteiger partial charge in [-0.15, -0.1) is 0 Å². The van der Waals surface area contributed by atoms with E-state index in [9.17, 15) is 0 Å². The summed E-state index contributed by atoms with van der Waals surface area (Å²) in [5.41, 5.74) is 1.84. The Kier molecular flexibility index (Phi) is 4.79. The maximum absolute atomic E-state index is 3.46. The van der Waals surface area contributed by atoms with Crippen molar-refractivity contribution in [1.82, 2.24) is 10.2 Å². The molecule has 0 radical (unpaired) electrons. The van der Waals surface area contributed by atoms with Crippen molar-refractivity contribution >= 4 is 0 Å². The molecule has 2 nitrogen and oxygen atoms in total. The van der Waals surface area contributed by atoms with Crippen molar-refractivity contribution in [1.29, 1.82) is 0 Å². The first-order valence-corrected chi connectivity index (χ1v) is 7.17. The third kappa shape index (κ3) is 3.82. The summed E-state index contributed by atoms with van der Waals surface area (Å²) in [6.07, 6.45) is 5.03. The molecule has 0 aromatic heterocycles. The molecule has 0 unspecified atom stereocenters. The normalized spacial score (nSPS) is 19.9. The first-order chi connectivity index (χ1) is 8.72. The highest BCUT2D eigenvalue weighted by Gasteiger charge is 2.27. The van der Waals surface area contributed by atoms with Crippen molar-refractivity contribution in [2.24, 2.45) is 0 Å². The second kappa shape index (κ2) is 6.35. The number of piperidine rings is 1. The molecule has 1 saturated heterocycles. The molecule has 1 heterocycles. The summed E-state index contributed by atoms with van der Waals surface area (Å²) in [4.78, 5) is 2.61. The van der Waals surface area contributed by atoms with Gasteiger partial charge < -0.3 is 10.2 Å². The summed E-state index contributed by atoms with van der Waals surface area (Å²) in [7, 11) is 2.09. The third-order valence-corrected chi connectivity index (χ3v) is 4.35. The smallest absolute Gasteiger partial charge is 0.0174 e. The number of hydrogen-bond donors (Lipinski definition) is 1. The predicted molar refractivity (Wildman–Crippen MR) is 77.9 cm³/mol.